The van der Waals surface area contributed by atoms with Crippen molar-refractivity contribution < 1.29 is 14.2 Å². The first-order valence-electron chi connectivity index (χ1n) is 5.80. The lowest BCUT2D eigenvalue weighted by Gasteiger charge is -2.24. The molecule has 102 valence electrons. The molecule has 18 heavy (non-hydrogen) atoms. The largest absolute Gasteiger partial charge is 0.389 e. The minimum absolute atomic E-state index is 0.295. The highest BCUT2D eigenvalue weighted by Crippen LogP contribution is 2.22. The molecule has 2 N–H and O–H groups in total. The molecule has 5 heteroatoms. The molecule has 0 amide bonds. The summed E-state index contributed by atoms with van der Waals surface area (Å²) in [7, 11) is 1.62. The molecule has 0 aliphatic carbocycles. The van der Waals surface area contributed by atoms with Gasteiger partial charge in [-0.15, -0.1) is 0 Å². The first-order chi connectivity index (χ1) is 8.44. The van der Waals surface area contributed by atoms with Crippen LogP contribution in [0.4, 0.5) is 4.39 Å². The van der Waals surface area contributed by atoms with Crippen molar-refractivity contribution in [1.29, 1.82) is 0 Å². The van der Waals surface area contributed by atoms with Gasteiger partial charge in [-0.25, -0.2) is 4.39 Å². The molecule has 1 unspecified atom stereocenters. The lowest BCUT2D eigenvalue weighted by atomic mass is 9.96. The van der Waals surface area contributed by atoms with Crippen molar-refractivity contribution in [1.82, 2.24) is 5.32 Å². The highest BCUT2D eigenvalue weighted by Gasteiger charge is 2.22. The maximum atomic E-state index is 13.1. The van der Waals surface area contributed by atoms with Gasteiger partial charge in [-0.3, -0.25) is 0 Å². The van der Waals surface area contributed by atoms with Crippen molar-refractivity contribution in [3.8, 4) is 0 Å². The first kappa shape index (κ1) is 15.4. The van der Waals surface area contributed by atoms with Crippen LogP contribution in [0.3, 0.4) is 0 Å². The molecule has 0 aliphatic rings. The fourth-order valence-electron chi connectivity index (χ4n) is 1.68. The van der Waals surface area contributed by atoms with Crippen LogP contribution in [-0.2, 0) is 11.2 Å². The van der Waals surface area contributed by atoms with E-state index in [2.05, 4.69) is 5.32 Å². The molecule has 3 nitrogen and oxygen atoms in total. The molecule has 1 rings (SSSR count). The fourth-order valence-corrected chi connectivity index (χ4v) is 1.87. The number of hydrogen-bond acceptors (Lipinski definition) is 3. The molecular formula is C13H19ClFNO2. The lowest BCUT2D eigenvalue weighted by Crippen LogP contribution is -2.40. The average molecular weight is 276 g/mol. The molecule has 0 saturated carbocycles. The van der Waals surface area contributed by atoms with Gasteiger partial charge in [0.15, 0.2) is 0 Å². The van der Waals surface area contributed by atoms with Gasteiger partial charge in [-0.2, -0.15) is 0 Å². The van der Waals surface area contributed by atoms with E-state index in [1.165, 1.54) is 18.2 Å². The number of ether oxygens (including phenoxy) is 1. The third-order valence-corrected chi connectivity index (χ3v) is 2.94. The van der Waals surface area contributed by atoms with Gasteiger partial charge in [0.2, 0.25) is 0 Å². The van der Waals surface area contributed by atoms with Crippen LogP contribution in [0, 0.1) is 5.82 Å². The van der Waals surface area contributed by atoms with Gasteiger partial charge in [-0.05, 0) is 30.7 Å². The summed E-state index contributed by atoms with van der Waals surface area (Å²) >= 11 is 5.97. The fraction of sp³-hybridized carbons (Fsp3) is 0.538. The summed E-state index contributed by atoms with van der Waals surface area (Å²) in [5.41, 5.74) is -0.374. The molecule has 1 atom stereocenters. The average Bonchev–Trinajstić information content (AvgIpc) is 2.29. The van der Waals surface area contributed by atoms with Crippen molar-refractivity contribution >= 4 is 11.6 Å². The summed E-state index contributed by atoms with van der Waals surface area (Å²) in [6, 6.07) is 4.16. The van der Waals surface area contributed by atoms with Gasteiger partial charge < -0.3 is 15.2 Å². The quantitative estimate of drug-likeness (QED) is 0.748. The van der Waals surface area contributed by atoms with Crippen LogP contribution >= 0.6 is 11.6 Å². The molecule has 0 aliphatic heterocycles. The van der Waals surface area contributed by atoms with E-state index in [-0.39, 0.29) is 5.82 Å². The SMILES string of the molecule is COCCNCC(C)(O)Cc1cc(F)ccc1Cl. The molecule has 0 saturated heterocycles. The normalized spacial score (nSPS) is 14.5. The summed E-state index contributed by atoms with van der Waals surface area (Å²) < 4.78 is 18.0. The highest BCUT2D eigenvalue weighted by atomic mass is 35.5. The van der Waals surface area contributed by atoms with Gasteiger partial charge in [0.25, 0.3) is 0 Å². The summed E-state index contributed by atoms with van der Waals surface area (Å²) in [5, 5.41) is 13.7. The zero-order valence-electron chi connectivity index (χ0n) is 10.7. The number of halogens is 2. The number of hydrogen-bond donors (Lipinski definition) is 2. The Morgan fingerprint density at radius 1 is 1.50 bits per heavy atom. The molecule has 0 heterocycles. The number of aliphatic hydroxyl groups is 1. The standard InChI is InChI=1S/C13H19ClFNO2/c1-13(17,9-16-5-6-18-2)8-10-7-11(15)3-4-12(10)14/h3-4,7,16-17H,5-6,8-9H2,1-2H3. The Labute approximate surface area is 112 Å². The van der Waals surface area contributed by atoms with Crippen molar-refractivity contribution in [2.24, 2.45) is 0 Å². The Hall–Kier alpha value is -0.680. The lowest BCUT2D eigenvalue weighted by molar-refractivity contribution is 0.0581. The van der Waals surface area contributed by atoms with Crippen molar-refractivity contribution in [3.63, 3.8) is 0 Å². The van der Waals surface area contributed by atoms with E-state index < -0.39 is 5.60 Å². The van der Waals surface area contributed by atoms with E-state index in [0.717, 1.165) is 0 Å². The van der Waals surface area contributed by atoms with Crippen molar-refractivity contribution in [2.75, 3.05) is 26.8 Å². The van der Waals surface area contributed by atoms with Crippen LogP contribution in [0.1, 0.15) is 12.5 Å². The van der Waals surface area contributed by atoms with E-state index >= 15 is 0 Å². The number of methoxy groups -OCH3 is 1. The number of benzene rings is 1. The molecular weight excluding hydrogens is 257 g/mol. The minimum Gasteiger partial charge on any atom is -0.389 e. The van der Waals surface area contributed by atoms with Crippen molar-refractivity contribution in [3.05, 3.63) is 34.6 Å². The molecule has 1 aromatic carbocycles. The molecule has 1 aromatic rings. The first-order valence-corrected chi connectivity index (χ1v) is 6.18. The van der Waals surface area contributed by atoms with Gasteiger partial charge in [0.05, 0.1) is 12.2 Å². The maximum absolute atomic E-state index is 13.1. The smallest absolute Gasteiger partial charge is 0.123 e. The van der Waals surface area contributed by atoms with Crippen LogP contribution in [0.25, 0.3) is 0 Å². The minimum atomic E-state index is -0.981. The van der Waals surface area contributed by atoms with Gasteiger partial charge >= 0.3 is 0 Å². The summed E-state index contributed by atoms with van der Waals surface area (Å²) in [5.74, 6) is -0.349. The maximum Gasteiger partial charge on any atom is 0.123 e. The van der Waals surface area contributed by atoms with Crippen molar-refractivity contribution in [2.45, 2.75) is 18.9 Å². The van der Waals surface area contributed by atoms with E-state index in [1.807, 2.05) is 0 Å². The van der Waals surface area contributed by atoms with Gasteiger partial charge in [0, 0.05) is 31.6 Å². The third-order valence-electron chi connectivity index (χ3n) is 2.57. The molecule has 0 spiro atoms. The molecule has 0 bridgehead atoms. The Kier molecular flexibility index (Phi) is 6.02. The zero-order chi connectivity index (χ0) is 13.6. The van der Waals surface area contributed by atoms with Crippen LogP contribution in [-0.4, -0.2) is 37.5 Å². The number of nitrogens with one attached hydrogen (secondary N) is 1. The topological polar surface area (TPSA) is 41.5 Å². The molecule has 0 fully saturated rings. The van der Waals surface area contributed by atoms with Crippen LogP contribution in [0.5, 0.6) is 0 Å². The predicted molar refractivity (Wildman–Crippen MR) is 70.5 cm³/mol. The summed E-state index contributed by atoms with van der Waals surface area (Å²) in [6.45, 7) is 3.32. The third kappa shape index (κ3) is 5.31. The second-order valence-electron chi connectivity index (χ2n) is 4.58. The Morgan fingerprint density at radius 3 is 2.89 bits per heavy atom. The number of rotatable bonds is 7. The summed E-state index contributed by atoms with van der Waals surface area (Å²) in [6.07, 6.45) is 0.295. The monoisotopic (exact) mass is 275 g/mol. The highest BCUT2D eigenvalue weighted by molar-refractivity contribution is 6.31. The van der Waals surface area contributed by atoms with E-state index in [4.69, 9.17) is 16.3 Å². The predicted octanol–water partition coefficient (Wildman–Crippen LogP) is 2.01. The second kappa shape index (κ2) is 7.04. The Morgan fingerprint density at radius 2 is 2.22 bits per heavy atom. The summed E-state index contributed by atoms with van der Waals surface area (Å²) in [4.78, 5) is 0. The van der Waals surface area contributed by atoms with Gasteiger partial charge in [0.1, 0.15) is 5.82 Å². The van der Waals surface area contributed by atoms with E-state index in [9.17, 15) is 9.50 Å². The van der Waals surface area contributed by atoms with E-state index in [1.54, 1.807) is 14.0 Å². The second-order valence-corrected chi connectivity index (χ2v) is 4.99. The van der Waals surface area contributed by atoms with Crippen LogP contribution in [0.15, 0.2) is 18.2 Å². The molecule has 0 radical (unpaired) electrons. The van der Waals surface area contributed by atoms with Crippen LogP contribution in [0.2, 0.25) is 5.02 Å². The van der Waals surface area contributed by atoms with Crippen LogP contribution < -0.4 is 5.32 Å². The Balaban J connectivity index is 2.55. The zero-order valence-corrected chi connectivity index (χ0v) is 11.4. The Bertz CT molecular complexity index is 385. The van der Waals surface area contributed by atoms with Gasteiger partial charge in [-0.1, -0.05) is 11.6 Å². The van der Waals surface area contributed by atoms with E-state index in [0.29, 0.717) is 36.7 Å². The molecule has 0 aromatic heterocycles.